The molecule has 1 saturated heterocycles. The van der Waals surface area contributed by atoms with Gasteiger partial charge in [0.05, 0.1) is 5.52 Å². The van der Waals surface area contributed by atoms with Crippen molar-refractivity contribution in [2.24, 2.45) is 5.73 Å². The Morgan fingerprint density at radius 1 is 1.18 bits per heavy atom. The molecule has 2 heterocycles. The topological polar surface area (TPSA) is 45.4 Å². The summed E-state index contributed by atoms with van der Waals surface area (Å²) in [5.41, 5.74) is 8.47. The average Bonchev–Trinajstić information content (AvgIpc) is 2.70. The van der Waals surface area contributed by atoms with Crippen LogP contribution in [0.4, 0.5) is 0 Å². The van der Waals surface area contributed by atoms with E-state index in [1.807, 2.05) is 24.4 Å². The number of likely N-dealkylation sites (N-methyl/N-ethyl adjacent to an activating group) is 1. The number of hydrogen-bond donors (Lipinski definition) is 1. The van der Waals surface area contributed by atoms with Gasteiger partial charge < -0.3 is 15.5 Å². The highest BCUT2D eigenvalue weighted by atomic mass is 35.5. The van der Waals surface area contributed by atoms with Gasteiger partial charge in [-0.05, 0) is 82.5 Å². The molecule has 2 N–H and O–H groups in total. The van der Waals surface area contributed by atoms with Crippen molar-refractivity contribution >= 4 is 22.5 Å². The van der Waals surface area contributed by atoms with Crippen molar-refractivity contribution in [3.8, 4) is 0 Å². The van der Waals surface area contributed by atoms with E-state index in [4.69, 9.17) is 17.3 Å². The molecule has 0 saturated carbocycles. The summed E-state index contributed by atoms with van der Waals surface area (Å²) in [7, 11) is 0. The quantitative estimate of drug-likeness (QED) is 0.663. The van der Waals surface area contributed by atoms with Crippen LogP contribution >= 0.6 is 11.6 Å². The van der Waals surface area contributed by atoms with E-state index in [1.54, 1.807) is 0 Å². The van der Waals surface area contributed by atoms with Gasteiger partial charge in [0.2, 0.25) is 0 Å². The fourth-order valence-electron chi connectivity index (χ4n) is 4.32. The molecule has 1 aromatic heterocycles. The Labute approximate surface area is 175 Å². The lowest BCUT2D eigenvalue weighted by molar-refractivity contribution is 0.182. The van der Waals surface area contributed by atoms with Crippen molar-refractivity contribution < 1.29 is 0 Å². The summed E-state index contributed by atoms with van der Waals surface area (Å²) in [4.78, 5) is 9.64. The second-order valence-corrected chi connectivity index (χ2v) is 8.81. The van der Waals surface area contributed by atoms with Gasteiger partial charge >= 0.3 is 0 Å². The van der Waals surface area contributed by atoms with E-state index in [0.717, 1.165) is 48.9 Å². The molecule has 28 heavy (non-hydrogen) atoms. The monoisotopic (exact) mass is 402 g/mol. The molecule has 2 aromatic rings. The van der Waals surface area contributed by atoms with E-state index in [2.05, 4.69) is 34.7 Å². The Kier molecular flexibility index (Phi) is 7.69. The Morgan fingerprint density at radius 3 is 2.71 bits per heavy atom. The van der Waals surface area contributed by atoms with Gasteiger partial charge in [0, 0.05) is 35.2 Å². The van der Waals surface area contributed by atoms with Gasteiger partial charge in [-0.15, -0.1) is 0 Å². The Hall–Kier alpha value is -1.20. The molecular formula is C23H35ClN4. The molecule has 0 amide bonds. The van der Waals surface area contributed by atoms with Crippen LogP contribution < -0.4 is 5.73 Å². The maximum Gasteiger partial charge on any atom is 0.0720 e. The molecule has 1 unspecified atom stereocenters. The lowest BCUT2D eigenvalue weighted by Crippen LogP contribution is -2.39. The van der Waals surface area contributed by atoms with Gasteiger partial charge in [-0.2, -0.15) is 0 Å². The number of halogens is 1. The fourth-order valence-corrected chi connectivity index (χ4v) is 4.48. The van der Waals surface area contributed by atoms with Crippen LogP contribution in [-0.4, -0.2) is 54.1 Å². The zero-order chi connectivity index (χ0) is 20.0. The van der Waals surface area contributed by atoms with Crippen molar-refractivity contribution in [1.29, 1.82) is 0 Å². The van der Waals surface area contributed by atoms with Gasteiger partial charge in [-0.25, -0.2) is 0 Å². The van der Waals surface area contributed by atoms with Gasteiger partial charge in [0.25, 0.3) is 0 Å². The van der Waals surface area contributed by atoms with Crippen LogP contribution in [0.25, 0.3) is 10.9 Å². The zero-order valence-corrected chi connectivity index (χ0v) is 18.2. The number of nitrogens with two attached hydrogens (primary N) is 1. The van der Waals surface area contributed by atoms with Crippen LogP contribution in [0.3, 0.4) is 0 Å². The first-order valence-electron chi connectivity index (χ1n) is 10.8. The Balaban J connectivity index is 1.55. The summed E-state index contributed by atoms with van der Waals surface area (Å²) in [5.74, 6) is 0. The second-order valence-electron chi connectivity index (χ2n) is 8.38. The third kappa shape index (κ3) is 5.66. The predicted octanol–water partition coefficient (Wildman–Crippen LogP) is 4.65. The van der Waals surface area contributed by atoms with Crippen LogP contribution in [0.5, 0.6) is 0 Å². The number of likely N-dealkylation sites (tertiary alicyclic amines) is 1. The van der Waals surface area contributed by atoms with E-state index in [9.17, 15) is 0 Å². The van der Waals surface area contributed by atoms with Crippen LogP contribution in [0.1, 0.15) is 51.5 Å². The lowest BCUT2D eigenvalue weighted by atomic mass is 9.86. The van der Waals surface area contributed by atoms with Crippen molar-refractivity contribution in [1.82, 2.24) is 14.8 Å². The zero-order valence-electron chi connectivity index (χ0n) is 17.5. The van der Waals surface area contributed by atoms with Gasteiger partial charge in [-0.1, -0.05) is 31.0 Å². The van der Waals surface area contributed by atoms with Crippen LogP contribution in [0, 0.1) is 0 Å². The number of hydrogen-bond acceptors (Lipinski definition) is 4. The minimum Gasteiger partial charge on any atom is -0.322 e. The highest BCUT2D eigenvalue weighted by Gasteiger charge is 2.23. The first-order chi connectivity index (χ1) is 13.5. The highest BCUT2D eigenvalue weighted by molar-refractivity contribution is 6.31. The van der Waals surface area contributed by atoms with Crippen molar-refractivity contribution in [3.05, 3.63) is 41.0 Å². The summed E-state index contributed by atoms with van der Waals surface area (Å²) in [6.45, 7) is 11.5. The van der Waals surface area contributed by atoms with Crippen LogP contribution in [0.2, 0.25) is 5.02 Å². The molecule has 0 aliphatic carbocycles. The summed E-state index contributed by atoms with van der Waals surface area (Å²) in [6, 6.07) is 7.94. The Bertz CT molecular complexity index is 755. The molecule has 0 bridgehead atoms. The number of rotatable bonds is 9. The first-order valence-corrected chi connectivity index (χ1v) is 11.2. The normalized spacial score (nSPS) is 17.9. The fraction of sp³-hybridized carbons (Fsp3) is 0.609. The van der Waals surface area contributed by atoms with E-state index in [0.29, 0.717) is 5.02 Å². The predicted molar refractivity (Wildman–Crippen MR) is 120 cm³/mol. The van der Waals surface area contributed by atoms with E-state index < -0.39 is 0 Å². The molecule has 0 radical (unpaired) electrons. The molecule has 5 heteroatoms. The number of aromatic nitrogens is 1. The molecule has 1 atom stereocenters. The largest absolute Gasteiger partial charge is 0.322 e. The Morgan fingerprint density at radius 2 is 1.96 bits per heavy atom. The third-order valence-corrected chi connectivity index (χ3v) is 6.35. The van der Waals surface area contributed by atoms with Crippen LogP contribution in [0.15, 0.2) is 30.5 Å². The summed E-state index contributed by atoms with van der Waals surface area (Å²) in [6.07, 6.45) is 8.02. The number of fused-ring (bicyclic) bond motifs is 1. The van der Waals surface area contributed by atoms with Gasteiger partial charge in [0.15, 0.2) is 0 Å². The molecule has 154 valence electrons. The maximum atomic E-state index is 6.77. The highest BCUT2D eigenvalue weighted by Crippen LogP contribution is 2.30. The smallest absolute Gasteiger partial charge is 0.0720 e. The SMILES string of the molecule is CCN(CCCC(C)(N)c1ccnc2cc(Cl)ccc12)CCN1CCCCC1. The van der Waals surface area contributed by atoms with Crippen molar-refractivity contribution in [3.63, 3.8) is 0 Å². The van der Waals surface area contributed by atoms with Gasteiger partial charge in [0.1, 0.15) is 0 Å². The van der Waals surface area contributed by atoms with E-state index >= 15 is 0 Å². The summed E-state index contributed by atoms with van der Waals surface area (Å²) >= 11 is 6.13. The van der Waals surface area contributed by atoms with E-state index in [-0.39, 0.29) is 5.54 Å². The molecule has 1 aromatic carbocycles. The molecule has 3 rings (SSSR count). The van der Waals surface area contributed by atoms with Crippen molar-refractivity contribution in [2.75, 3.05) is 39.3 Å². The average molecular weight is 403 g/mol. The second kappa shape index (κ2) is 10.0. The summed E-state index contributed by atoms with van der Waals surface area (Å²) in [5, 5.41) is 1.82. The molecule has 4 nitrogen and oxygen atoms in total. The number of pyridine rings is 1. The minimum atomic E-state index is -0.374. The third-order valence-electron chi connectivity index (χ3n) is 6.12. The lowest BCUT2D eigenvalue weighted by Gasteiger charge is -2.31. The summed E-state index contributed by atoms with van der Waals surface area (Å²) < 4.78 is 0. The van der Waals surface area contributed by atoms with Gasteiger partial charge in [-0.3, -0.25) is 4.98 Å². The van der Waals surface area contributed by atoms with Crippen molar-refractivity contribution in [2.45, 2.75) is 51.5 Å². The standard InChI is InChI=1S/C23H35ClN4/c1-3-27(16-17-28-13-5-4-6-14-28)15-7-11-23(2,25)21-10-12-26-22-18-19(24)8-9-20(21)22/h8-10,12,18H,3-7,11,13-17,25H2,1-2H3. The molecule has 1 fully saturated rings. The molecule has 1 aliphatic heterocycles. The number of nitrogens with zero attached hydrogens (tertiary/aromatic N) is 3. The molecule has 0 spiro atoms. The minimum absolute atomic E-state index is 0.374. The van der Waals surface area contributed by atoms with Crippen LogP contribution in [-0.2, 0) is 5.54 Å². The number of piperidine rings is 1. The maximum absolute atomic E-state index is 6.77. The van der Waals surface area contributed by atoms with E-state index in [1.165, 1.54) is 38.9 Å². The number of benzene rings is 1. The first kappa shape index (κ1) is 21.5. The molecule has 1 aliphatic rings. The molecular weight excluding hydrogens is 368 g/mol.